The van der Waals surface area contributed by atoms with E-state index in [0.717, 1.165) is 10.1 Å². The molecule has 0 fully saturated rings. The Labute approximate surface area is 272 Å². The average Bonchev–Trinajstić information content (AvgIpc) is 3.00. The molecule has 0 bridgehead atoms. The summed E-state index contributed by atoms with van der Waals surface area (Å²) in [4.78, 5) is 40.6. The number of hydrogen-bond donors (Lipinski definition) is 2. The Morgan fingerprint density at radius 2 is 1.67 bits per heavy atom. The van der Waals surface area contributed by atoms with E-state index in [4.69, 9.17) is 4.74 Å². The maximum Gasteiger partial charge on any atom is 0.308 e. The Balaban J connectivity index is 1.67. The standard InChI is InChI=1S/C36H31BrF2N2O5/c1-4-46-32(44)18-29(27-15-24(14-21(3)34(27)39)33-20(2)8-7-11-30(33)42)40-36(45)35(26-17-25(37)12-13-28(26)38)41-19-23-10-6-5-9-22(23)16-31(41)43/h5-17,19,29,35,42H,4,18H2,1-3H3,(H,40,45)/t29-,35?/m0/s1. The van der Waals surface area contributed by atoms with Gasteiger partial charge in [-0.3, -0.25) is 19.0 Å². The van der Waals surface area contributed by atoms with Crippen molar-refractivity contribution >= 4 is 38.6 Å². The highest BCUT2D eigenvalue weighted by Crippen LogP contribution is 2.37. The maximum atomic E-state index is 16.0. The normalized spacial score (nSPS) is 12.5. The first-order chi connectivity index (χ1) is 22.0. The number of pyridine rings is 1. The fourth-order valence-electron chi connectivity index (χ4n) is 5.62. The molecule has 0 radical (unpaired) electrons. The second-order valence-electron chi connectivity index (χ2n) is 11.0. The molecule has 0 saturated carbocycles. The minimum absolute atomic E-state index is 0.0243. The van der Waals surface area contributed by atoms with Gasteiger partial charge in [-0.1, -0.05) is 52.3 Å². The molecule has 0 aliphatic rings. The summed E-state index contributed by atoms with van der Waals surface area (Å²) >= 11 is 3.32. The molecule has 1 heterocycles. The lowest BCUT2D eigenvalue weighted by Crippen LogP contribution is -2.40. The van der Waals surface area contributed by atoms with Crippen LogP contribution in [0.2, 0.25) is 0 Å². The van der Waals surface area contributed by atoms with Crippen molar-refractivity contribution in [3.8, 4) is 16.9 Å². The fourth-order valence-corrected chi connectivity index (χ4v) is 6.00. The van der Waals surface area contributed by atoms with Crippen LogP contribution in [0.15, 0.2) is 94.3 Å². The zero-order valence-corrected chi connectivity index (χ0v) is 26.9. The Morgan fingerprint density at radius 1 is 0.935 bits per heavy atom. The molecule has 1 amide bonds. The summed E-state index contributed by atoms with van der Waals surface area (Å²) in [5.41, 5.74) is 1.13. The van der Waals surface area contributed by atoms with Gasteiger partial charge in [-0.05, 0) is 84.6 Å². The van der Waals surface area contributed by atoms with Crippen molar-refractivity contribution in [3.63, 3.8) is 0 Å². The van der Waals surface area contributed by atoms with Crippen molar-refractivity contribution in [1.82, 2.24) is 9.88 Å². The number of amides is 1. The van der Waals surface area contributed by atoms with Crippen molar-refractivity contribution < 1.29 is 28.2 Å². The molecule has 1 unspecified atom stereocenters. The van der Waals surface area contributed by atoms with Gasteiger partial charge in [0, 0.05) is 33.4 Å². The van der Waals surface area contributed by atoms with Crippen molar-refractivity contribution in [2.45, 2.75) is 39.3 Å². The summed E-state index contributed by atoms with van der Waals surface area (Å²) in [5, 5.41) is 14.7. The first-order valence-corrected chi connectivity index (χ1v) is 15.4. The molecule has 7 nitrogen and oxygen atoms in total. The minimum Gasteiger partial charge on any atom is -0.507 e. The zero-order chi connectivity index (χ0) is 33.1. The molecule has 5 rings (SSSR count). The monoisotopic (exact) mass is 688 g/mol. The van der Waals surface area contributed by atoms with Crippen LogP contribution >= 0.6 is 15.9 Å². The van der Waals surface area contributed by atoms with E-state index in [2.05, 4.69) is 21.2 Å². The van der Waals surface area contributed by atoms with Crippen LogP contribution in [0, 0.1) is 25.5 Å². The van der Waals surface area contributed by atoms with Crippen LogP contribution < -0.4 is 10.9 Å². The second kappa shape index (κ2) is 13.7. The number of halogens is 3. The van der Waals surface area contributed by atoms with E-state index < -0.39 is 47.6 Å². The number of phenolic OH excluding ortho intramolecular Hbond substituents is 1. The Hall–Kier alpha value is -4.83. The molecule has 236 valence electrons. The van der Waals surface area contributed by atoms with Crippen LogP contribution in [-0.4, -0.2) is 28.2 Å². The molecule has 1 aromatic heterocycles. The predicted molar refractivity (Wildman–Crippen MR) is 176 cm³/mol. The lowest BCUT2D eigenvalue weighted by molar-refractivity contribution is -0.143. The van der Waals surface area contributed by atoms with E-state index in [-0.39, 0.29) is 29.0 Å². The third kappa shape index (κ3) is 6.72. The number of aromatic nitrogens is 1. The number of rotatable bonds is 9. The molecule has 46 heavy (non-hydrogen) atoms. The molecule has 0 spiro atoms. The van der Waals surface area contributed by atoms with Crippen molar-refractivity contribution in [2.24, 2.45) is 0 Å². The number of nitrogens with zero attached hydrogens (tertiary/aromatic N) is 1. The smallest absolute Gasteiger partial charge is 0.308 e. The summed E-state index contributed by atoms with van der Waals surface area (Å²) in [6.45, 7) is 5.01. The van der Waals surface area contributed by atoms with Crippen LogP contribution in [0.25, 0.3) is 21.9 Å². The van der Waals surface area contributed by atoms with Crippen molar-refractivity contribution in [2.75, 3.05) is 6.61 Å². The highest BCUT2D eigenvalue weighted by atomic mass is 79.9. The Kier molecular flexibility index (Phi) is 9.67. The number of hydrogen-bond acceptors (Lipinski definition) is 5. The number of benzene rings is 4. The fraction of sp³-hybridized carbons (Fsp3) is 0.194. The van der Waals surface area contributed by atoms with Crippen LogP contribution in [-0.2, 0) is 14.3 Å². The van der Waals surface area contributed by atoms with Crippen LogP contribution in [0.1, 0.15) is 47.7 Å². The predicted octanol–water partition coefficient (Wildman–Crippen LogP) is 7.43. The molecule has 2 atom stereocenters. The Bertz CT molecular complexity index is 2010. The van der Waals surface area contributed by atoms with Gasteiger partial charge in [-0.2, -0.15) is 0 Å². The van der Waals surface area contributed by atoms with Gasteiger partial charge in [0.25, 0.3) is 5.56 Å². The second-order valence-corrected chi connectivity index (χ2v) is 11.9. The van der Waals surface area contributed by atoms with Gasteiger partial charge < -0.3 is 15.2 Å². The van der Waals surface area contributed by atoms with Gasteiger partial charge in [0.2, 0.25) is 5.91 Å². The van der Waals surface area contributed by atoms with Gasteiger partial charge in [-0.15, -0.1) is 0 Å². The molecule has 0 aliphatic carbocycles. The first kappa shape index (κ1) is 32.6. The average molecular weight is 690 g/mol. The molecule has 0 aliphatic heterocycles. The number of nitrogens with one attached hydrogen (secondary N) is 1. The SMILES string of the molecule is CCOC(=O)C[C@H](NC(=O)C(c1cc(Br)ccc1F)n1cc2ccccc2cc1=O)c1cc(-c2c(C)cccc2O)cc(C)c1F. The highest BCUT2D eigenvalue weighted by molar-refractivity contribution is 9.10. The maximum absolute atomic E-state index is 16.0. The lowest BCUT2D eigenvalue weighted by atomic mass is 9.92. The number of esters is 1. The van der Waals surface area contributed by atoms with E-state index in [9.17, 15) is 19.5 Å². The number of aromatic hydroxyl groups is 1. The topological polar surface area (TPSA) is 97.6 Å². The molecular formula is C36H31BrF2N2O5. The van der Waals surface area contributed by atoms with E-state index in [1.165, 1.54) is 49.5 Å². The zero-order valence-electron chi connectivity index (χ0n) is 25.3. The summed E-state index contributed by atoms with van der Waals surface area (Å²) < 4.78 is 38.1. The van der Waals surface area contributed by atoms with Gasteiger partial charge in [0.05, 0.1) is 19.1 Å². The number of carbonyl (C=O) groups excluding carboxylic acids is 2. The van der Waals surface area contributed by atoms with E-state index in [1.54, 1.807) is 56.3 Å². The van der Waals surface area contributed by atoms with Crippen LogP contribution in [0.5, 0.6) is 5.75 Å². The number of ether oxygens (including phenoxy) is 1. The Morgan fingerprint density at radius 3 is 2.39 bits per heavy atom. The number of phenols is 1. The third-order valence-electron chi connectivity index (χ3n) is 7.78. The van der Waals surface area contributed by atoms with Crippen LogP contribution in [0.4, 0.5) is 8.78 Å². The van der Waals surface area contributed by atoms with Gasteiger partial charge in [-0.25, -0.2) is 8.78 Å². The molecule has 4 aromatic carbocycles. The van der Waals surface area contributed by atoms with Crippen LogP contribution in [0.3, 0.4) is 0 Å². The lowest BCUT2D eigenvalue weighted by Gasteiger charge is -2.26. The highest BCUT2D eigenvalue weighted by Gasteiger charge is 2.32. The quantitative estimate of drug-likeness (QED) is 0.157. The van der Waals surface area contributed by atoms with E-state index >= 15 is 8.78 Å². The number of fused-ring (bicyclic) bond motifs is 1. The summed E-state index contributed by atoms with van der Waals surface area (Å²) in [6, 6.07) is 17.6. The van der Waals surface area contributed by atoms with Gasteiger partial charge in [0.15, 0.2) is 0 Å². The number of carbonyl (C=O) groups is 2. The first-order valence-electron chi connectivity index (χ1n) is 14.6. The largest absolute Gasteiger partial charge is 0.507 e. The summed E-state index contributed by atoms with van der Waals surface area (Å²) in [5.74, 6) is -3.01. The molecule has 5 aromatic rings. The molecular weight excluding hydrogens is 658 g/mol. The van der Waals surface area contributed by atoms with Gasteiger partial charge >= 0.3 is 5.97 Å². The minimum atomic E-state index is -1.54. The number of aryl methyl sites for hydroxylation is 2. The molecule has 10 heteroatoms. The van der Waals surface area contributed by atoms with E-state index in [1.807, 2.05) is 0 Å². The summed E-state index contributed by atoms with van der Waals surface area (Å²) in [6.07, 6.45) is 1.01. The summed E-state index contributed by atoms with van der Waals surface area (Å²) in [7, 11) is 0. The third-order valence-corrected chi connectivity index (χ3v) is 8.27. The molecule has 2 N–H and O–H groups in total. The van der Waals surface area contributed by atoms with Crippen molar-refractivity contribution in [3.05, 3.63) is 134 Å². The van der Waals surface area contributed by atoms with E-state index in [0.29, 0.717) is 26.4 Å². The van der Waals surface area contributed by atoms with Gasteiger partial charge in [0.1, 0.15) is 23.4 Å². The molecule has 0 saturated heterocycles. The van der Waals surface area contributed by atoms with Crippen molar-refractivity contribution in [1.29, 1.82) is 0 Å².